The Balaban J connectivity index is 1.87. The zero-order valence-electron chi connectivity index (χ0n) is 10.1. The number of nitrogens with zero attached hydrogens (tertiary/aromatic N) is 2. The van der Waals surface area contributed by atoms with Gasteiger partial charge in [0, 0.05) is 23.3 Å². The quantitative estimate of drug-likeness (QED) is 0.821. The van der Waals surface area contributed by atoms with Crippen molar-refractivity contribution in [3.05, 3.63) is 45.4 Å². The van der Waals surface area contributed by atoms with Crippen LogP contribution in [0.1, 0.15) is 23.3 Å². The predicted octanol–water partition coefficient (Wildman–Crippen LogP) is 4.14. The molecular weight excluding hydrogens is 264 g/mol. The summed E-state index contributed by atoms with van der Waals surface area (Å²) in [5.41, 5.74) is 2.84. The van der Waals surface area contributed by atoms with Crippen LogP contribution in [0.5, 0.6) is 0 Å². The molecule has 2 nitrogen and oxygen atoms in total. The minimum Gasteiger partial charge on any atom is -0.366 e. The summed E-state index contributed by atoms with van der Waals surface area (Å²) in [7, 11) is 0. The lowest BCUT2D eigenvalue weighted by atomic mass is 10.1. The van der Waals surface area contributed by atoms with Gasteiger partial charge >= 0.3 is 0 Å². The van der Waals surface area contributed by atoms with Gasteiger partial charge in [-0.2, -0.15) is 0 Å². The second kappa shape index (κ2) is 5.29. The van der Waals surface area contributed by atoms with Crippen molar-refractivity contribution >= 4 is 28.6 Å². The number of aryl methyl sites for hydroxylation is 1. The Morgan fingerprint density at radius 1 is 1.28 bits per heavy atom. The molecule has 0 radical (unpaired) electrons. The van der Waals surface area contributed by atoms with Gasteiger partial charge in [0.05, 0.1) is 6.54 Å². The largest absolute Gasteiger partial charge is 0.366 e. The Kier molecular flexibility index (Phi) is 3.52. The van der Waals surface area contributed by atoms with Crippen LogP contribution in [0.25, 0.3) is 0 Å². The number of anilines is 1. The third kappa shape index (κ3) is 2.52. The van der Waals surface area contributed by atoms with Crippen molar-refractivity contribution in [3.8, 4) is 0 Å². The smallest absolute Gasteiger partial charge is 0.183 e. The Morgan fingerprint density at radius 2 is 2.17 bits per heavy atom. The van der Waals surface area contributed by atoms with Crippen LogP contribution < -0.4 is 4.90 Å². The van der Waals surface area contributed by atoms with E-state index in [0.29, 0.717) is 4.47 Å². The number of halogens is 1. The molecule has 0 unspecified atom stereocenters. The molecule has 1 aliphatic rings. The van der Waals surface area contributed by atoms with Gasteiger partial charge in [0.1, 0.15) is 0 Å². The Hall–Kier alpha value is -1.06. The third-order valence-corrected chi connectivity index (χ3v) is 4.43. The van der Waals surface area contributed by atoms with Crippen molar-refractivity contribution in [1.29, 1.82) is 0 Å². The lowest BCUT2D eigenvalue weighted by Gasteiger charge is -2.24. The normalized spacial score (nSPS) is 15.3. The minimum absolute atomic E-state index is 0.633. The fourth-order valence-corrected chi connectivity index (χ4v) is 3.47. The van der Waals surface area contributed by atoms with Crippen LogP contribution in [0.4, 0.5) is 5.69 Å². The van der Waals surface area contributed by atoms with Gasteiger partial charge < -0.3 is 4.90 Å². The number of thiazole rings is 1. The first-order chi connectivity index (χ1) is 8.83. The maximum absolute atomic E-state index is 5.90. The second-order valence-electron chi connectivity index (χ2n) is 4.59. The lowest BCUT2D eigenvalue weighted by molar-refractivity contribution is 0.717. The molecule has 0 N–H and O–H groups in total. The first kappa shape index (κ1) is 12.0. The van der Waals surface area contributed by atoms with E-state index in [9.17, 15) is 0 Å². The van der Waals surface area contributed by atoms with Crippen LogP contribution >= 0.6 is 22.9 Å². The van der Waals surface area contributed by atoms with Crippen molar-refractivity contribution in [3.63, 3.8) is 0 Å². The van der Waals surface area contributed by atoms with Crippen LogP contribution in [-0.4, -0.2) is 11.5 Å². The monoisotopic (exact) mass is 278 g/mol. The topological polar surface area (TPSA) is 16.1 Å². The highest BCUT2D eigenvalue weighted by Crippen LogP contribution is 2.29. The molecule has 1 aromatic heterocycles. The molecule has 0 fully saturated rings. The molecule has 94 valence electrons. The lowest BCUT2D eigenvalue weighted by Crippen LogP contribution is -2.22. The van der Waals surface area contributed by atoms with E-state index in [0.717, 1.165) is 13.1 Å². The summed E-state index contributed by atoms with van der Waals surface area (Å²) in [4.78, 5) is 7.80. The van der Waals surface area contributed by atoms with Crippen LogP contribution in [0.15, 0.2) is 30.5 Å². The molecule has 1 aromatic carbocycles. The molecule has 0 atom stereocenters. The van der Waals surface area contributed by atoms with Crippen molar-refractivity contribution < 1.29 is 0 Å². The van der Waals surface area contributed by atoms with Gasteiger partial charge in [-0.05, 0) is 30.9 Å². The number of rotatable bonds is 2. The number of aromatic nitrogens is 1. The molecule has 18 heavy (non-hydrogen) atoms. The summed E-state index contributed by atoms with van der Waals surface area (Å²) in [6.07, 6.45) is 5.61. The van der Waals surface area contributed by atoms with Crippen LogP contribution in [0.3, 0.4) is 0 Å². The van der Waals surface area contributed by atoms with E-state index in [4.69, 9.17) is 11.6 Å². The van der Waals surface area contributed by atoms with Crippen LogP contribution in [-0.2, 0) is 13.0 Å². The fourth-order valence-electron chi connectivity index (χ4n) is 2.48. The highest BCUT2D eigenvalue weighted by atomic mass is 35.5. The fraction of sp³-hybridized carbons (Fsp3) is 0.357. The first-order valence-electron chi connectivity index (χ1n) is 6.26. The Labute approximate surface area is 116 Å². The summed E-state index contributed by atoms with van der Waals surface area (Å²) in [6.45, 7) is 2.04. The van der Waals surface area contributed by atoms with Crippen molar-refractivity contribution in [2.45, 2.75) is 25.8 Å². The van der Waals surface area contributed by atoms with Crippen LogP contribution in [0, 0.1) is 0 Å². The number of hydrogen-bond acceptors (Lipinski definition) is 3. The zero-order valence-corrected chi connectivity index (χ0v) is 11.7. The summed E-state index contributed by atoms with van der Waals surface area (Å²) >= 11 is 7.47. The average Bonchev–Trinajstić information content (AvgIpc) is 2.68. The van der Waals surface area contributed by atoms with E-state index in [2.05, 4.69) is 34.1 Å². The highest BCUT2D eigenvalue weighted by molar-refractivity contribution is 7.15. The van der Waals surface area contributed by atoms with E-state index < -0.39 is 0 Å². The Morgan fingerprint density at radius 3 is 3.00 bits per heavy atom. The molecule has 0 saturated heterocycles. The molecule has 0 aliphatic carbocycles. The maximum atomic E-state index is 5.90. The summed E-state index contributed by atoms with van der Waals surface area (Å²) in [5.74, 6) is 0. The summed E-state index contributed by atoms with van der Waals surface area (Å²) in [6, 6.07) is 8.72. The van der Waals surface area contributed by atoms with Gasteiger partial charge in [-0.3, -0.25) is 0 Å². The van der Waals surface area contributed by atoms with E-state index >= 15 is 0 Å². The van der Waals surface area contributed by atoms with E-state index in [1.54, 1.807) is 11.3 Å². The van der Waals surface area contributed by atoms with Gasteiger partial charge in [0.2, 0.25) is 0 Å². The summed E-state index contributed by atoms with van der Waals surface area (Å²) < 4.78 is 0.633. The number of benzene rings is 1. The molecule has 2 aromatic rings. The van der Waals surface area contributed by atoms with Crippen molar-refractivity contribution in [2.75, 3.05) is 11.4 Å². The highest BCUT2D eigenvalue weighted by Gasteiger charge is 2.15. The standard InChI is InChI=1S/C14H15ClN2S/c15-14-16-9-12(18-14)10-17-8-4-3-6-11-5-1-2-7-13(11)17/h1-2,5,7,9H,3-4,6,8,10H2. The van der Waals surface area contributed by atoms with Gasteiger partial charge in [0.25, 0.3) is 0 Å². The Bertz CT molecular complexity index is 538. The first-order valence-corrected chi connectivity index (χ1v) is 7.45. The van der Waals surface area contributed by atoms with Crippen molar-refractivity contribution in [1.82, 2.24) is 4.98 Å². The van der Waals surface area contributed by atoms with Gasteiger partial charge in [-0.25, -0.2) is 4.98 Å². The van der Waals surface area contributed by atoms with Gasteiger partial charge in [0.15, 0.2) is 4.47 Å². The molecule has 4 heteroatoms. The molecule has 3 rings (SSSR count). The molecule has 2 heterocycles. The average molecular weight is 279 g/mol. The third-order valence-electron chi connectivity index (χ3n) is 3.33. The van der Waals surface area contributed by atoms with E-state index in [-0.39, 0.29) is 0 Å². The molecular formula is C14H15ClN2S. The maximum Gasteiger partial charge on any atom is 0.183 e. The van der Waals surface area contributed by atoms with E-state index in [1.165, 1.54) is 35.4 Å². The molecule has 0 amide bonds. The molecule has 0 spiro atoms. The van der Waals surface area contributed by atoms with Gasteiger partial charge in [-0.15, -0.1) is 11.3 Å². The molecule has 0 bridgehead atoms. The number of para-hydroxylation sites is 1. The number of fused-ring (bicyclic) bond motifs is 1. The zero-order chi connectivity index (χ0) is 12.4. The van der Waals surface area contributed by atoms with Gasteiger partial charge in [-0.1, -0.05) is 29.8 Å². The molecule has 0 saturated carbocycles. The predicted molar refractivity (Wildman–Crippen MR) is 77.6 cm³/mol. The summed E-state index contributed by atoms with van der Waals surface area (Å²) in [5, 5.41) is 0. The SMILES string of the molecule is Clc1ncc(CN2CCCCc3ccccc32)s1. The minimum atomic E-state index is 0.633. The van der Waals surface area contributed by atoms with Crippen molar-refractivity contribution in [2.24, 2.45) is 0 Å². The van der Waals surface area contributed by atoms with E-state index in [1.807, 2.05) is 6.20 Å². The second-order valence-corrected chi connectivity index (χ2v) is 6.28. The molecule has 1 aliphatic heterocycles. The van der Waals surface area contributed by atoms with Crippen LogP contribution in [0.2, 0.25) is 4.47 Å². The number of hydrogen-bond donors (Lipinski definition) is 0.